The third kappa shape index (κ3) is 5.21. The number of aromatic carboxylic acids is 1. The molecule has 3 N–H and O–H groups in total. The van der Waals surface area contributed by atoms with Gasteiger partial charge in [0.1, 0.15) is 17.2 Å². The monoisotopic (exact) mass is 283 g/mol. The van der Waals surface area contributed by atoms with Crippen molar-refractivity contribution in [2.75, 3.05) is 18.4 Å². The molecular formula is C13H18FN3O3. The summed E-state index contributed by atoms with van der Waals surface area (Å²) >= 11 is 0. The van der Waals surface area contributed by atoms with E-state index in [9.17, 15) is 14.0 Å². The maximum absolute atomic E-state index is 12.9. The van der Waals surface area contributed by atoms with Crippen LogP contribution in [0.2, 0.25) is 0 Å². The van der Waals surface area contributed by atoms with E-state index in [2.05, 4.69) is 15.6 Å². The fraction of sp³-hybridized carbons (Fsp3) is 0.462. The van der Waals surface area contributed by atoms with Crippen LogP contribution in [0.1, 0.15) is 30.6 Å². The Balaban J connectivity index is 2.50. The van der Waals surface area contributed by atoms with Crippen LogP contribution >= 0.6 is 0 Å². The summed E-state index contributed by atoms with van der Waals surface area (Å²) in [4.78, 5) is 26.1. The number of hydrogen-bond acceptors (Lipinski definition) is 4. The van der Waals surface area contributed by atoms with Gasteiger partial charge in [0.05, 0.1) is 6.20 Å². The Hall–Kier alpha value is -2.18. The van der Waals surface area contributed by atoms with E-state index in [0.29, 0.717) is 12.5 Å². The van der Waals surface area contributed by atoms with Gasteiger partial charge in [0.2, 0.25) is 5.91 Å². The van der Waals surface area contributed by atoms with Gasteiger partial charge >= 0.3 is 5.97 Å². The Kier molecular flexibility index (Phi) is 5.89. The number of halogens is 1. The molecule has 0 saturated carbocycles. The number of carboxylic acids is 1. The fourth-order valence-corrected chi connectivity index (χ4v) is 1.44. The molecule has 110 valence electrons. The van der Waals surface area contributed by atoms with Gasteiger partial charge in [-0.2, -0.15) is 0 Å². The van der Waals surface area contributed by atoms with Gasteiger partial charge in [-0.25, -0.2) is 14.2 Å². The highest BCUT2D eigenvalue weighted by molar-refractivity contribution is 5.93. The predicted octanol–water partition coefficient (Wildman–Crippen LogP) is 1.49. The average Bonchev–Trinajstić information content (AvgIpc) is 2.37. The van der Waals surface area contributed by atoms with Crippen LogP contribution in [0, 0.1) is 11.7 Å². The number of nitrogens with one attached hydrogen (secondary N) is 2. The third-order valence-electron chi connectivity index (χ3n) is 2.44. The molecule has 20 heavy (non-hydrogen) atoms. The average molecular weight is 283 g/mol. The van der Waals surface area contributed by atoms with Crippen LogP contribution in [0.3, 0.4) is 0 Å². The lowest BCUT2D eigenvalue weighted by atomic mass is 10.2. The molecule has 1 aromatic heterocycles. The van der Waals surface area contributed by atoms with Crippen LogP contribution in [0.15, 0.2) is 12.3 Å². The number of hydrogen-bond donors (Lipinski definition) is 3. The number of carbonyl (C=O) groups is 2. The maximum atomic E-state index is 12.9. The lowest BCUT2D eigenvalue weighted by Gasteiger charge is -2.10. The van der Waals surface area contributed by atoms with E-state index in [-0.39, 0.29) is 30.3 Å². The summed E-state index contributed by atoms with van der Waals surface area (Å²) in [5.41, 5.74) is -0.257. The van der Waals surface area contributed by atoms with Gasteiger partial charge < -0.3 is 15.7 Å². The van der Waals surface area contributed by atoms with E-state index < -0.39 is 11.8 Å². The SMILES string of the molecule is CC(C)CNC(=O)CCNc1ncc(F)cc1C(=O)O. The highest BCUT2D eigenvalue weighted by Crippen LogP contribution is 2.13. The van der Waals surface area contributed by atoms with E-state index >= 15 is 0 Å². The number of carboxylic acid groups (broad SMARTS) is 1. The number of anilines is 1. The van der Waals surface area contributed by atoms with Crippen LogP contribution in [0.5, 0.6) is 0 Å². The van der Waals surface area contributed by atoms with Gasteiger partial charge in [-0.15, -0.1) is 0 Å². The first kappa shape index (κ1) is 15.9. The van der Waals surface area contributed by atoms with Crippen LogP contribution in [-0.4, -0.2) is 35.1 Å². The second-order valence-electron chi connectivity index (χ2n) is 4.73. The molecule has 0 aliphatic rings. The minimum absolute atomic E-state index is 0.0514. The fourth-order valence-electron chi connectivity index (χ4n) is 1.44. The smallest absolute Gasteiger partial charge is 0.339 e. The summed E-state index contributed by atoms with van der Waals surface area (Å²) in [7, 11) is 0. The highest BCUT2D eigenvalue weighted by atomic mass is 19.1. The predicted molar refractivity (Wildman–Crippen MR) is 72.1 cm³/mol. The lowest BCUT2D eigenvalue weighted by Crippen LogP contribution is -2.28. The summed E-state index contributed by atoms with van der Waals surface area (Å²) in [6.45, 7) is 4.79. The summed E-state index contributed by atoms with van der Waals surface area (Å²) in [5.74, 6) is -1.71. The van der Waals surface area contributed by atoms with Gasteiger partial charge in [0.15, 0.2) is 0 Å². The first-order valence-electron chi connectivity index (χ1n) is 6.29. The molecule has 0 aliphatic heterocycles. The largest absolute Gasteiger partial charge is 0.478 e. The molecule has 0 aliphatic carbocycles. The molecule has 0 spiro atoms. The van der Waals surface area contributed by atoms with E-state index in [0.717, 1.165) is 12.3 Å². The molecule has 0 atom stereocenters. The van der Waals surface area contributed by atoms with Crippen LogP contribution in [-0.2, 0) is 4.79 Å². The molecule has 1 aromatic rings. The summed E-state index contributed by atoms with van der Waals surface area (Å²) in [5, 5.41) is 14.4. The Morgan fingerprint density at radius 2 is 2.15 bits per heavy atom. The first-order valence-corrected chi connectivity index (χ1v) is 6.29. The second-order valence-corrected chi connectivity index (χ2v) is 4.73. The molecule has 1 amide bonds. The van der Waals surface area contributed by atoms with Gasteiger partial charge in [0.25, 0.3) is 0 Å². The topological polar surface area (TPSA) is 91.3 Å². The molecule has 0 unspecified atom stereocenters. The second kappa shape index (κ2) is 7.42. The summed E-state index contributed by atoms with van der Waals surface area (Å²) in [6, 6.07) is 0.885. The van der Waals surface area contributed by atoms with Crippen molar-refractivity contribution < 1.29 is 19.1 Å². The number of amides is 1. The Morgan fingerprint density at radius 3 is 2.75 bits per heavy atom. The van der Waals surface area contributed by atoms with E-state index in [1.807, 2.05) is 13.8 Å². The Bertz CT molecular complexity index is 492. The highest BCUT2D eigenvalue weighted by Gasteiger charge is 2.13. The van der Waals surface area contributed by atoms with Gasteiger partial charge in [-0.1, -0.05) is 13.8 Å². The van der Waals surface area contributed by atoms with Crippen molar-refractivity contribution in [2.45, 2.75) is 20.3 Å². The molecule has 0 saturated heterocycles. The van der Waals surface area contributed by atoms with Crippen molar-refractivity contribution >= 4 is 17.7 Å². The normalized spacial score (nSPS) is 10.4. The number of carbonyl (C=O) groups excluding carboxylic acids is 1. The van der Waals surface area contributed by atoms with Gasteiger partial charge in [-0.05, 0) is 12.0 Å². The lowest BCUT2D eigenvalue weighted by molar-refractivity contribution is -0.120. The van der Waals surface area contributed by atoms with E-state index in [1.165, 1.54) is 0 Å². The zero-order valence-electron chi connectivity index (χ0n) is 11.4. The van der Waals surface area contributed by atoms with Crippen molar-refractivity contribution in [1.29, 1.82) is 0 Å². The van der Waals surface area contributed by atoms with Crippen LogP contribution in [0.4, 0.5) is 10.2 Å². The quantitative estimate of drug-likeness (QED) is 0.705. The molecule has 0 radical (unpaired) electrons. The number of rotatable bonds is 7. The summed E-state index contributed by atoms with van der Waals surface area (Å²) in [6.07, 6.45) is 1.11. The Labute approximate surface area is 116 Å². The van der Waals surface area contributed by atoms with Crippen molar-refractivity contribution in [1.82, 2.24) is 10.3 Å². The zero-order valence-corrected chi connectivity index (χ0v) is 11.4. The Morgan fingerprint density at radius 1 is 1.45 bits per heavy atom. The van der Waals surface area contributed by atoms with Crippen LogP contribution < -0.4 is 10.6 Å². The number of aromatic nitrogens is 1. The molecule has 7 heteroatoms. The van der Waals surface area contributed by atoms with Crippen LogP contribution in [0.25, 0.3) is 0 Å². The number of pyridine rings is 1. The standard InChI is InChI=1S/C13H18FN3O3/c1-8(2)6-16-11(18)3-4-15-12-10(13(19)20)5-9(14)7-17-12/h5,7-8H,3-4,6H2,1-2H3,(H,15,17)(H,16,18)(H,19,20). The van der Waals surface area contributed by atoms with Crippen molar-refractivity contribution in [2.24, 2.45) is 5.92 Å². The first-order chi connectivity index (χ1) is 9.40. The zero-order chi connectivity index (χ0) is 15.1. The molecule has 1 heterocycles. The van der Waals surface area contributed by atoms with E-state index in [1.54, 1.807) is 0 Å². The molecule has 0 aromatic carbocycles. The molecule has 0 fully saturated rings. The third-order valence-corrected chi connectivity index (χ3v) is 2.44. The van der Waals surface area contributed by atoms with Gasteiger partial charge in [0, 0.05) is 19.5 Å². The molecule has 1 rings (SSSR count). The minimum atomic E-state index is -1.27. The van der Waals surface area contributed by atoms with Gasteiger partial charge in [-0.3, -0.25) is 4.79 Å². The molecular weight excluding hydrogens is 265 g/mol. The summed E-state index contributed by atoms with van der Waals surface area (Å²) < 4.78 is 12.9. The molecule has 6 nitrogen and oxygen atoms in total. The van der Waals surface area contributed by atoms with E-state index in [4.69, 9.17) is 5.11 Å². The van der Waals surface area contributed by atoms with Crippen molar-refractivity contribution in [3.05, 3.63) is 23.6 Å². The molecule has 0 bridgehead atoms. The number of nitrogens with zero attached hydrogens (tertiary/aromatic N) is 1. The maximum Gasteiger partial charge on any atom is 0.339 e. The minimum Gasteiger partial charge on any atom is -0.478 e. The van der Waals surface area contributed by atoms with Crippen molar-refractivity contribution in [3.63, 3.8) is 0 Å². The van der Waals surface area contributed by atoms with Crippen molar-refractivity contribution in [3.8, 4) is 0 Å².